The quantitative estimate of drug-likeness (QED) is 0.603. The van der Waals surface area contributed by atoms with Crippen LogP contribution in [0.5, 0.6) is 11.5 Å². The molecular formula is C19H18F3NO3. The lowest BCUT2D eigenvalue weighted by Crippen LogP contribution is -2.10. The van der Waals surface area contributed by atoms with Crippen LogP contribution in [-0.2, 0) is 4.79 Å². The fraction of sp³-hybridized carbons (Fsp3) is 0.211. The van der Waals surface area contributed by atoms with Gasteiger partial charge in [0.1, 0.15) is 0 Å². The molecule has 1 N–H and O–H groups in total. The second-order valence-electron chi connectivity index (χ2n) is 5.62. The fourth-order valence-corrected chi connectivity index (χ4v) is 2.11. The average Bonchev–Trinajstić information content (AvgIpc) is 2.61. The molecule has 0 bridgehead atoms. The minimum absolute atomic E-state index is 0.0259. The molecule has 0 aliphatic carbocycles. The molecule has 1 amide bonds. The Labute approximate surface area is 149 Å². The van der Waals surface area contributed by atoms with Crippen LogP contribution < -0.4 is 14.8 Å². The second-order valence-corrected chi connectivity index (χ2v) is 5.62. The van der Waals surface area contributed by atoms with Gasteiger partial charge in [0.25, 0.3) is 0 Å². The van der Waals surface area contributed by atoms with Crippen LogP contribution in [0.1, 0.15) is 19.4 Å². The summed E-state index contributed by atoms with van der Waals surface area (Å²) in [5, 5.41) is 2.15. The summed E-state index contributed by atoms with van der Waals surface area (Å²) in [5.74, 6) is -4.06. The minimum atomic E-state index is -1.64. The molecule has 0 aromatic heterocycles. The van der Waals surface area contributed by atoms with Crippen LogP contribution in [0.25, 0.3) is 6.08 Å². The number of methoxy groups -OCH3 is 1. The highest BCUT2D eigenvalue weighted by molar-refractivity contribution is 6.02. The monoisotopic (exact) mass is 365 g/mol. The van der Waals surface area contributed by atoms with Crippen molar-refractivity contribution in [2.24, 2.45) is 0 Å². The first-order valence-corrected chi connectivity index (χ1v) is 7.79. The first kappa shape index (κ1) is 19.4. The molecule has 0 unspecified atom stereocenters. The van der Waals surface area contributed by atoms with E-state index in [1.54, 1.807) is 18.2 Å². The third-order valence-corrected chi connectivity index (χ3v) is 3.27. The zero-order chi connectivity index (χ0) is 19.3. The molecule has 0 radical (unpaired) electrons. The summed E-state index contributed by atoms with van der Waals surface area (Å²) in [5.41, 5.74) is 0.190. The predicted molar refractivity (Wildman–Crippen MR) is 92.7 cm³/mol. The number of halogens is 3. The van der Waals surface area contributed by atoms with Crippen molar-refractivity contribution < 1.29 is 27.4 Å². The molecule has 2 aromatic carbocycles. The fourth-order valence-electron chi connectivity index (χ4n) is 2.11. The van der Waals surface area contributed by atoms with Gasteiger partial charge in [0.15, 0.2) is 29.0 Å². The Morgan fingerprint density at radius 1 is 1.08 bits per heavy atom. The SMILES string of the molecule is COc1cc(/C=C/C(=O)Nc2ccc(F)c(F)c2F)ccc1OC(C)C. The summed E-state index contributed by atoms with van der Waals surface area (Å²) in [6.07, 6.45) is 2.58. The van der Waals surface area contributed by atoms with Gasteiger partial charge in [-0.15, -0.1) is 0 Å². The largest absolute Gasteiger partial charge is 0.493 e. The van der Waals surface area contributed by atoms with E-state index in [9.17, 15) is 18.0 Å². The lowest BCUT2D eigenvalue weighted by molar-refractivity contribution is -0.111. The molecule has 0 aliphatic heterocycles. The Kier molecular flexibility index (Phi) is 6.27. The van der Waals surface area contributed by atoms with Crippen molar-refractivity contribution in [2.45, 2.75) is 20.0 Å². The highest BCUT2D eigenvalue weighted by Gasteiger charge is 2.14. The van der Waals surface area contributed by atoms with Gasteiger partial charge in [-0.25, -0.2) is 13.2 Å². The molecule has 138 valence electrons. The molecule has 7 heteroatoms. The lowest BCUT2D eigenvalue weighted by Gasteiger charge is -2.13. The molecule has 0 aliphatic rings. The molecule has 0 heterocycles. The molecule has 26 heavy (non-hydrogen) atoms. The van der Waals surface area contributed by atoms with Crippen molar-refractivity contribution in [1.29, 1.82) is 0 Å². The molecule has 0 atom stereocenters. The Hall–Kier alpha value is -2.96. The maximum atomic E-state index is 13.5. The van der Waals surface area contributed by atoms with Gasteiger partial charge in [0, 0.05) is 6.08 Å². The van der Waals surface area contributed by atoms with Crippen molar-refractivity contribution in [3.63, 3.8) is 0 Å². The van der Waals surface area contributed by atoms with Crippen molar-refractivity contribution in [1.82, 2.24) is 0 Å². The Balaban J connectivity index is 2.12. The van der Waals surface area contributed by atoms with Crippen LogP contribution in [0.4, 0.5) is 18.9 Å². The molecule has 2 rings (SSSR count). The van der Waals surface area contributed by atoms with E-state index in [1.807, 2.05) is 13.8 Å². The summed E-state index contributed by atoms with van der Waals surface area (Å²) in [4.78, 5) is 11.9. The van der Waals surface area contributed by atoms with E-state index < -0.39 is 29.0 Å². The van der Waals surface area contributed by atoms with Crippen LogP contribution in [0.15, 0.2) is 36.4 Å². The highest BCUT2D eigenvalue weighted by atomic mass is 19.2. The molecule has 0 saturated heterocycles. The molecule has 4 nitrogen and oxygen atoms in total. The smallest absolute Gasteiger partial charge is 0.248 e. The van der Waals surface area contributed by atoms with E-state index in [2.05, 4.69) is 5.32 Å². The number of amides is 1. The summed E-state index contributed by atoms with van der Waals surface area (Å²) >= 11 is 0. The van der Waals surface area contributed by atoms with E-state index in [0.717, 1.165) is 18.2 Å². The van der Waals surface area contributed by atoms with Crippen LogP contribution in [0.3, 0.4) is 0 Å². The number of ether oxygens (including phenoxy) is 2. The van der Waals surface area contributed by atoms with Gasteiger partial charge in [0.2, 0.25) is 5.91 Å². The Bertz CT molecular complexity index is 835. The summed E-state index contributed by atoms with van der Waals surface area (Å²) in [7, 11) is 1.49. The summed E-state index contributed by atoms with van der Waals surface area (Å²) < 4.78 is 50.4. The van der Waals surface area contributed by atoms with Crippen molar-refractivity contribution in [3.05, 3.63) is 59.4 Å². The van der Waals surface area contributed by atoms with Crippen LogP contribution >= 0.6 is 0 Å². The van der Waals surface area contributed by atoms with Gasteiger partial charge in [-0.05, 0) is 49.8 Å². The van der Waals surface area contributed by atoms with E-state index in [4.69, 9.17) is 9.47 Å². The van der Waals surface area contributed by atoms with Gasteiger partial charge in [0.05, 0.1) is 18.9 Å². The number of anilines is 1. The molecular weight excluding hydrogens is 347 g/mol. The van der Waals surface area contributed by atoms with E-state index >= 15 is 0 Å². The first-order chi connectivity index (χ1) is 12.3. The topological polar surface area (TPSA) is 47.6 Å². The first-order valence-electron chi connectivity index (χ1n) is 7.79. The van der Waals surface area contributed by atoms with Gasteiger partial charge in [-0.1, -0.05) is 6.07 Å². The number of benzene rings is 2. The van der Waals surface area contributed by atoms with Crippen LogP contribution in [0, 0.1) is 17.5 Å². The maximum Gasteiger partial charge on any atom is 0.248 e. The number of hydrogen-bond donors (Lipinski definition) is 1. The van der Waals surface area contributed by atoms with Crippen molar-refractivity contribution >= 4 is 17.7 Å². The lowest BCUT2D eigenvalue weighted by atomic mass is 10.2. The molecule has 0 saturated carbocycles. The second kappa shape index (κ2) is 8.42. The summed E-state index contributed by atoms with van der Waals surface area (Å²) in [6, 6.07) is 6.75. The molecule has 0 spiro atoms. The number of rotatable bonds is 6. The number of carbonyl (C=O) groups excluding carboxylic acids is 1. The zero-order valence-electron chi connectivity index (χ0n) is 14.5. The number of carbonyl (C=O) groups is 1. The third kappa shape index (κ3) is 4.78. The van der Waals surface area contributed by atoms with E-state index in [-0.39, 0.29) is 6.10 Å². The van der Waals surface area contributed by atoms with Gasteiger partial charge < -0.3 is 14.8 Å². The highest BCUT2D eigenvalue weighted by Crippen LogP contribution is 2.29. The van der Waals surface area contributed by atoms with E-state index in [1.165, 1.54) is 13.2 Å². The van der Waals surface area contributed by atoms with Crippen LogP contribution in [0.2, 0.25) is 0 Å². The Morgan fingerprint density at radius 3 is 2.46 bits per heavy atom. The van der Waals surface area contributed by atoms with Gasteiger partial charge in [-0.3, -0.25) is 4.79 Å². The standard InChI is InChI=1S/C19H18F3NO3/c1-11(2)26-15-8-4-12(10-16(15)25-3)5-9-17(24)23-14-7-6-13(20)18(21)19(14)22/h4-11H,1-3H3,(H,23,24)/b9-5+. The van der Waals surface area contributed by atoms with Crippen molar-refractivity contribution in [2.75, 3.05) is 12.4 Å². The third-order valence-electron chi connectivity index (χ3n) is 3.27. The number of nitrogens with one attached hydrogen (secondary N) is 1. The van der Waals surface area contributed by atoms with E-state index in [0.29, 0.717) is 17.1 Å². The average molecular weight is 365 g/mol. The predicted octanol–water partition coefficient (Wildman–Crippen LogP) is 4.55. The molecule has 0 fully saturated rings. The maximum absolute atomic E-state index is 13.5. The summed E-state index contributed by atoms with van der Waals surface area (Å²) in [6.45, 7) is 3.77. The normalized spacial score (nSPS) is 11.0. The Morgan fingerprint density at radius 2 is 1.81 bits per heavy atom. The van der Waals surface area contributed by atoms with Gasteiger partial charge in [-0.2, -0.15) is 0 Å². The minimum Gasteiger partial charge on any atom is -0.493 e. The van der Waals surface area contributed by atoms with Gasteiger partial charge >= 0.3 is 0 Å². The number of hydrogen-bond acceptors (Lipinski definition) is 3. The van der Waals surface area contributed by atoms with Crippen molar-refractivity contribution in [3.8, 4) is 11.5 Å². The molecule has 2 aromatic rings. The van der Waals surface area contributed by atoms with Crippen LogP contribution in [-0.4, -0.2) is 19.1 Å². The zero-order valence-corrected chi connectivity index (χ0v) is 14.5.